The number of fused-ring (bicyclic) bond motifs is 2. The largest absolute Gasteiger partial charge is 0.487 e. The second-order valence-electron chi connectivity index (χ2n) is 7.54. The van der Waals surface area contributed by atoms with Crippen LogP contribution in [0.3, 0.4) is 0 Å². The van der Waals surface area contributed by atoms with Gasteiger partial charge >= 0.3 is 0 Å². The molecule has 2 unspecified atom stereocenters. The molecule has 2 aromatic carbocycles. The minimum atomic E-state index is -3.06. The Morgan fingerprint density at radius 1 is 1.07 bits per heavy atom. The highest BCUT2D eigenvalue weighted by atomic mass is 32.2. The Hall–Kier alpha value is -2.65. The lowest BCUT2D eigenvalue weighted by molar-refractivity contribution is 0.0905. The van der Waals surface area contributed by atoms with E-state index in [9.17, 15) is 18.5 Å². The predicted molar refractivity (Wildman–Crippen MR) is 105 cm³/mol. The van der Waals surface area contributed by atoms with Gasteiger partial charge in [0.2, 0.25) is 0 Å². The van der Waals surface area contributed by atoms with Gasteiger partial charge in [0, 0.05) is 11.5 Å². The van der Waals surface area contributed by atoms with Gasteiger partial charge < -0.3 is 4.74 Å². The standard InChI is InChI=1S/C22H21NO4S/c23-13-17-7-6-16(12-21(17)27-14-15-4-2-1-3-5-15)22(24)18-10-19-8-9-20(11-18)28(19,25)26/h1-7,12,18-20H,8-11,14H2. The van der Waals surface area contributed by atoms with E-state index in [4.69, 9.17) is 4.74 Å². The van der Waals surface area contributed by atoms with Crippen LogP contribution in [-0.2, 0) is 16.4 Å². The van der Waals surface area contributed by atoms with E-state index in [1.54, 1.807) is 18.2 Å². The average molecular weight is 395 g/mol. The number of nitrogens with zero attached hydrogens (tertiary/aromatic N) is 1. The van der Waals surface area contributed by atoms with Crippen LogP contribution in [0.15, 0.2) is 48.5 Å². The molecular formula is C22H21NO4S. The van der Waals surface area contributed by atoms with Crippen LogP contribution in [0.25, 0.3) is 0 Å². The van der Waals surface area contributed by atoms with Crippen LogP contribution >= 0.6 is 0 Å². The van der Waals surface area contributed by atoms with Crippen molar-refractivity contribution in [1.29, 1.82) is 5.26 Å². The fourth-order valence-corrected chi connectivity index (χ4v) is 6.75. The molecule has 2 aromatic rings. The van der Waals surface area contributed by atoms with Crippen LogP contribution in [0, 0.1) is 17.2 Å². The molecule has 2 bridgehead atoms. The first-order valence-electron chi connectivity index (χ1n) is 9.47. The molecule has 0 aliphatic carbocycles. The number of Topliss-reactive ketones (excluding diaryl/α,β-unsaturated/α-hetero) is 1. The molecule has 2 heterocycles. The Labute approximate surface area is 164 Å². The monoisotopic (exact) mass is 395 g/mol. The summed E-state index contributed by atoms with van der Waals surface area (Å²) in [6.45, 7) is 0.305. The maximum atomic E-state index is 13.0. The number of hydrogen-bond acceptors (Lipinski definition) is 5. The first-order valence-corrected chi connectivity index (χ1v) is 11.1. The molecule has 2 atom stereocenters. The molecule has 0 saturated carbocycles. The lowest BCUT2D eigenvalue weighted by atomic mass is 9.90. The van der Waals surface area contributed by atoms with E-state index in [1.807, 2.05) is 30.3 Å². The zero-order chi connectivity index (χ0) is 19.7. The summed E-state index contributed by atoms with van der Waals surface area (Å²) in [7, 11) is -3.06. The third-order valence-electron chi connectivity index (χ3n) is 5.83. The number of ether oxygens (including phenoxy) is 1. The molecule has 2 saturated heterocycles. The smallest absolute Gasteiger partial charge is 0.166 e. The van der Waals surface area contributed by atoms with E-state index in [1.165, 1.54) is 0 Å². The van der Waals surface area contributed by atoms with E-state index in [0.29, 0.717) is 49.2 Å². The van der Waals surface area contributed by atoms with Crippen molar-refractivity contribution >= 4 is 15.6 Å². The third-order valence-corrected chi connectivity index (χ3v) is 8.54. The molecule has 4 rings (SSSR count). The quantitative estimate of drug-likeness (QED) is 0.721. The topological polar surface area (TPSA) is 84.2 Å². The maximum absolute atomic E-state index is 13.0. The van der Waals surface area contributed by atoms with Crippen molar-refractivity contribution < 1.29 is 17.9 Å². The van der Waals surface area contributed by atoms with Gasteiger partial charge in [-0.15, -0.1) is 0 Å². The molecular weight excluding hydrogens is 374 g/mol. The summed E-state index contributed by atoms with van der Waals surface area (Å²) in [5, 5.41) is 8.58. The first kappa shape index (κ1) is 18.7. The van der Waals surface area contributed by atoms with E-state index in [0.717, 1.165) is 5.56 Å². The van der Waals surface area contributed by atoms with Gasteiger partial charge in [0.05, 0.1) is 16.1 Å². The van der Waals surface area contributed by atoms with Crippen molar-refractivity contribution in [3.05, 3.63) is 65.2 Å². The summed E-state index contributed by atoms with van der Waals surface area (Å²) < 4.78 is 30.3. The molecule has 0 N–H and O–H groups in total. The molecule has 0 aromatic heterocycles. The van der Waals surface area contributed by atoms with E-state index in [2.05, 4.69) is 6.07 Å². The SMILES string of the molecule is N#Cc1ccc(C(=O)C2CC3CCC(C2)S3(=O)=O)cc1OCc1ccccc1. The predicted octanol–water partition coefficient (Wildman–Crippen LogP) is 3.68. The van der Waals surface area contributed by atoms with Gasteiger partial charge in [0.15, 0.2) is 15.6 Å². The average Bonchev–Trinajstić information content (AvgIpc) is 2.89. The number of rotatable bonds is 5. The van der Waals surface area contributed by atoms with Gasteiger partial charge in [-0.2, -0.15) is 5.26 Å². The molecule has 6 heteroatoms. The number of ketones is 1. The second kappa shape index (κ2) is 7.40. The molecule has 28 heavy (non-hydrogen) atoms. The zero-order valence-corrected chi connectivity index (χ0v) is 16.2. The van der Waals surface area contributed by atoms with Crippen molar-refractivity contribution in [2.24, 2.45) is 5.92 Å². The summed E-state index contributed by atoms with van der Waals surface area (Å²) in [6, 6.07) is 16.6. The number of benzene rings is 2. The molecule has 2 aliphatic rings. The zero-order valence-electron chi connectivity index (χ0n) is 15.4. The lowest BCUT2D eigenvalue weighted by Gasteiger charge is -2.27. The van der Waals surface area contributed by atoms with Crippen molar-refractivity contribution in [3.63, 3.8) is 0 Å². The van der Waals surface area contributed by atoms with Crippen molar-refractivity contribution in [1.82, 2.24) is 0 Å². The Balaban J connectivity index is 1.53. The van der Waals surface area contributed by atoms with Gasteiger partial charge in [0.1, 0.15) is 18.4 Å². The Morgan fingerprint density at radius 3 is 2.39 bits per heavy atom. The van der Waals surface area contributed by atoms with Crippen LogP contribution in [0.2, 0.25) is 0 Å². The van der Waals surface area contributed by atoms with Crippen molar-refractivity contribution in [2.45, 2.75) is 42.8 Å². The maximum Gasteiger partial charge on any atom is 0.166 e. The normalized spacial score (nSPS) is 25.0. The van der Waals surface area contributed by atoms with Gasteiger partial charge in [-0.25, -0.2) is 8.42 Å². The van der Waals surface area contributed by atoms with Crippen molar-refractivity contribution in [2.75, 3.05) is 0 Å². The minimum absolute atomic E-state index is 0.0548. The lowest BCUT2D eigenvalue weighted by Crippen LogP contribution is -2.36. The third kappa shape index (κ3) is 3.43. The van der Waals surface area contributed by atoms with Gasteiger partial charge in [-0.05, 0) is 49.4 Å². The van der Waals surface area contributed by atoms with E-state index < -0.39 is 9.84 Å². The number of sulfone groups is 1. The molecule has 0 radical (unpaired) electrons. The number of nitriles is 1. The van der Waals surface area contributed by atoms with Crippen LogP contribution in [-0.4, -0.2) is 24.7 Å². The number of carbonyl (C=O) groups is 1. The van der Waals surface area contributed by atoms with Crippen LogP contribution < -0.4 is 4.74 Å². The highest BCUT2D eigenvalue weighted by Gasteiger charge is 2.48. The van der Waals surface area contributed by atoms with Crippen molar-refractivity contribution in [3.8, 4) is 11.8 Å². The summed E-state index contributed by atoms with van der Waals surface area (Å²) in [6.07, 6.45) is 2.13. The summed E-state index contributed by atoms with van der Waals surface area (Å²) in [5.41, 5.74) is 1.82. The van der Waals surface area contributed by atoms with Gasteiger partial charge in [-0.1, -0.05) is 30.3 Å². The Kier molecular flexibility index (Phi) is 4.94. The summed E-state index contributed by atoms with van der Waals surface area (Å²) in [5.74, 6) is 0.0420. The van der Waals surface area contributed by atoms with E-state index >= 15 is 0 Å². The highest BCUT2D eigenvalue weighted by molar-refractivity contribution is 7.93. The van der Waals surface area contributed by atoms with Crippen LogP contribution in [0.1, 0.15) is 47.2 Å². The highest BCUT2D eigenvalue weighted by Crippen LogP contribution is 2.42. The van der Waals surface area contributed by atoms with Gasteiger partial charge in [0.25, 0.3) is 0 Å². The summed E-state index contributed by atoms with van der Waals surface area (Å²) >= 11 is 0. The molecule has 2 fully saturated rings. The fourth-order valence-electron chi connectivity index (χ4n) is 4.28. The summed E-state index contributed by atoms with van der Waals surface area (Å²) in [4.78, 5) is 13.0. The number of hydrogen-bond donors (Lipinski definition) is 0. The van der Waals surface area contributed by atoms with Gasteiger partial charge in [-0.3, -0.25) is 4.79 Å². The Morgan fingerprint density at radius 2 is 1.75 bits per heavy atom. The fraction of sp³-hybridized carbons (Fsp3) is 0.364. The second-order valence-corrected chi connectivity index (χ2v) is 10.1. The molecule has 5 nitrogen and oxygen atoms in total. The Bertz CT molecular complexity index is 1020. The molecule has 0 spiro atoms. The first-order chi connectivity index (χ1) is 13.5. The molecule has 144 valence electrons. The van der Waals surface area contributed by atoms with Crippen LogP contribution in [0.4, 0.5) is 0 Å². The van der Waals surface area contributed by atoms with Crippen LogP contribution in [0.5, 0.6) is 5.75 Å². The molecule has 0 amide bonds. The number of carbonyl (C=O) groups excluding carboxylic acids is 1. The van der Waals surface area contributed by atoms with E-state index in [-0.39, 0.29) is 22.2 Å². The minimum Gasteiger partial charge on any atom is -0.487 e. The molecule has 2 aliphatic heterocycles.